The maximum Gasteiger partial charge on any atom is 0.173 e. The summed E-state index contributed by atoms with van der Waals surface area (Å²) in [6.07, 6.45) is 1.00. The van der Waals surface area contributed by atoms with E-state index in [9.17, 15) is 13.5 Å². The van der Waals surface area contributed by atoms with Gasteiger partial charge in [-0.25, -0.2) is 8.42 Å². The van der Waals surface area contributed by atoms with Gasteiger partial charge in [-0.2, -0.15) is 0 Å². The Morgan fingerprint density at radius 3 is 2.93 bits per heavy atom. The normalized spacial score (nSPS) is 25.6. The summed E-state index contributed by atoms with van der Waals surface area (Å²) in [6.45, 7) is 3.03. The van der Waals surface area contributed by atoms with Crippen molar-refractivity contribution < 1.29 is 18.3 Å². The monoisotopic (exact) mass is 235 g/mol. The van der Waals surface area contributed by atoms with Crippen molar-refractivity contribution in [2.24, 2.45) is 0 Å². The molecule has 0 spiro atoms. The van der Waals surface area contributed by atoms with Crippen molar-refractivity contribution in [1.82, 2.24) is 5.32 Å². The van der Waals surface area contributed by atoms with Gasteiger partial charge in [-0.1, -0.05) is 6.08 Å². The SMILES string of the molecule is CCOCC(O)CNC1C=CS(=O)(=O)C1. The van der Waals surface area contributed by atoms with Crippen LogP contribution >= 0.6 is 0 Å². The van der Waals surface area contributed by atoms with Gasteiger partial charge in [-0.3, -0.25) is 0 Å². The summed E-state index contributed by atoms with van der Waals surface area (Å²) in [6, 6.07) is -0.189. The number of aliphatic hydroxyl groups excluding tert-OH is 1. The second-order valence-electron chi connectivity index (χ2n) is 3.49. The van der Waals surface area contributed by atoms with Gasteiger partial charge in [0.1, 0.15) is 0 Å². The average molecular weight is 235 g/mol. The Hall–Kier alpha value is -0.430. The van der Waals surface area contributed by atoms with E-state index in [0.29, 0.717) is 13.2 Å². The van der Waals surface area contributed by atoms with Crippen molar-refractivity contribution in [3.8, 4) is 0 Å². The first kappa shape index (κ1) is 12.6. The molecule has 0 aromatic rings. The molecule has 0 radical (unpaired) electrons. The van der Waals surface area contributed by atoms with E-state index >= 15 is 0 Å². The van der Waals surface area contributed by atoms with Gasteiger partial charge in [0.25, 0.3) is 0 Å². The van der Waals surface area contributed by atoms with Crippen molar-refractivity contribution in [2.45, 2.75) is 19.1 Å². The van der Waals surface area contributed by atoms with Crippen LogP contribution in [0.15, 0.2) is 11.5 Å². The van der Waals surface area contributed by atoms with Crippen LogP contribution in [-0.4, -0.2) is 51.2 Å². The first-order chi connectivity index (χ1) is 7.03. The van der Waals surface area contributed by atoms with Crippen LogP contribution < -0.4 is 5.32 Å². The Morgan fingerprint density at radius 2 is 2.40 bits per heavy atom. The Morgan fingerprint density at radius 1 is 1.67 bits per heavy atom. The zero-order valence-electron chi connectivity index (χ0n) is 8.72. The maximum atomic E-state index is 11.0. The van der Waals surface area contributed by atoms with Crippen LogP contribution in [0.4, 0.5) is 0 Å². The third kappa shape index (κ3) is 4.74. The summed E-state index contributed by atoms with van der Waals surface area (Å²) < 4.78 is 27.1. The highest BCUT2D eigenvalue weighted by Crippen LogP contribution is 2.07. The molecular weight excluding hydrogens is 218 g/mol. The van der Waals surface area contributed by atoms with E-state index in [1.807, 2.05) is 6.92 Å². The molecule has 0 saturated heterocycles. The van der Waals surface area contributed by atoms with E-state index in [4.69, 9.17) is 4.74 Å². The average Bonchev–Trinajstić information content (AvgIpc) is 2.52. The second kappa shape index (κ2) is 5.60. The van der Waals surface area contributed by atoms with Crippen LogP contribution in [-0.2, 0) is 14.6 Å². The van der Waals surface area contributed by atoms with Crippen LogP contribution in [0, 0.1) is 0 Å². The molecule has 5 nitrogen and oxygen atoms in total. The highest BCUT2D eigenvalue weighted by molar-refractivity contribution is 7.94. The fraction of sp³-hybridized carbons (Fsp3) is 0.778. The van der Waals surface area contributed by atoms with Crippen molar-refractivity contribution in [2.75, 3.05) is 25.5 Å². The minimum absolute atomic E-state index is 0.0777. The Balaban J connectivity index is 2.19. The van der Waals surface area contributed by atoms with Gasteiger partial charge >= 0.3 is 0 Å². The van der Waals surface area contributed by atoms with Crippen LogP contribution in [0.1, 0.15) is 6.92 Å². The van der Waals surface area contributed by atoms with Gasteiger partial charge in [0, 0.05) is 24.6 Å². The first-order valence-electron chi connectivity index (χ1n) is 4.93. The molecule has 1 heterocycles. The Labute approximate surface area is 90.0 Å². The fourth-order valence-electron chi connectivity index (χ4n) is 1.30. The van der Waals surface area contributed by atoms with E-state index in [2.05, 4.69) is 5.32 Å². The predicted octanol–water partition coefficient (Wildman–Crippen LogP) is -0.716. The van der Waals surface area contributed by atoms with Gasteiger partial charge in [0.05, 0.1) is 18.5 Å². The lowest BCUT2D eigenvalue weighted by molar-refractivity contribution is 0.0424. The highest BCUT2D eigenvalue weighted by Gasteiger charge is 2.21. The number of hydrogen-bond donors (Lipinski definition) is 2. The number of rotatable bonds is 6. The van der Waals surface area contributed by atoms with E-state index in [1.165, 1.54) is 5.41 Å². The summed E-state index contributed by atoms with van der Waals surface area (Å²) in [5.74, 6) is 0.0777. The topological polar surface area (TPSA) is 75.6 Å². The minimum atomic E-state index is -3.02. The van der Waals surface area contributed by atoms with E-state index in [-0.39, 0.29) is 18.4 Å². The Bertz CT molecular complexity index is 312. The molecule has 2 unspecified atom stereocenters. The summed E-state index contributed by atoms with van der Waals surface area (Å²) in [5, 5.41) is 13.6. The first-order valence-corrected chi connectivity index (χ1v) is 6.65. The molecule has 0 saturated carbocycles. The number of sulfone groups is 1. The zero-order valence-corrected chi connectivity index (χ0v) is 9.53. The number of aliphatic hydroxyl groups is 1. The molecule has 0 aromatic heterocycles. The van der Waals surface area contributed by atoms with Gasteiger partial charge in [0.15, 0.2) is 9.84 Å². The van der Waals surface area contributed by atoms with Crippen LogP contribution in [0.3, 0.4) is 0 Å². The van der Waals surface area contributed by atoms with Crippen LogP contribution in [0.2, 0.25) is 0 Å². The lowest BCUT2D eigenvalue weighted by Crippen LogP contribution is -2.38. The van der Waals surface area contributed by atoms with Crippen molar-refractivity contribution in [3.05, 3.63) is 11.5 Å². The zero-order chi connectivity index (χ0) is 11.3. The summed E-state index contributed by atoms with van der Waals surface area (Å²) >= 11 is 0. The molecule has 15 heavy (non-hydrogen) atoms. The fourth-order valence-corrected chi connectivity index (χ4v) is 2.57. The van der Waals surface area contributed by atoms with Crippen molar-refractivity contribution >= 4 is 9.84 Å². The molecule has 1 aliphatic heterocycles. The summed E-state index contributed by atoms with van der Waals surface area (Å²) in [5.41, 5.74) is 0. The molecule has 6 heteroatoms. The van der Waals surface area contributed by atoms with Gasteiger partial charge in [-0.15, -0.1) is 0 Å². The van der Waals surface area contributed by atoms with E-state index in [1.54, 1.807) is 6.08 Å². The molecule has 0 amide bonds. The number of nitrogens with one attached hydrogen (secondary N) is 1. The molecule has 0 aromatic carbocycles. The number of hydrogen-bond acceptors (Lipinski definition) is 5. The molecular formula is C9H17NO4S. The minimum Gasteiger partial charge on any atom is -0.389 e. The van der Waals surface area contributed by atoms with Crippen LogP contribution in [0.25, 0.3) is 0 Å². The van der Waals surface area contributed by atoms with E-state index < -0.39 is 15.9 Å². The molecule has 2 atom stereocenters. The smallest absolute Gasteiger partial charge is 0.173 e. The third-order valence-corrected chi connectivity index (χ3v) is 3.46. The maximum absolute atomic E-state index is 11.0. The second-order valence-corrected chi connectivity index (χ2v) is 5.42. The number of ether oxygens (including phenoxy) is 1. The Kier molecular flexibility index (Phi) is 4.72. The lowest BCUT2D eigenvalue weighted by atomic mass is 10.3. The summed E-state index contributed by atoms with van der Waals surface area (Å²) in [4.78, 5) is 0. The molecule has 0 bridgehead atoms. The molecule has 1 rings (SSSR count). The lowest BCUT2D eigenvalue weighted by Gasteiger charge is -2.14. The predicted molar refractivity (Wildman–Crippen MR) is 57.2 cm³/mol. The van der Waals surface area contributed by atoms with Crippen molar-refractivity contribution in [3.63, 3.8) is 0 Å². The van der Waals surface area contributed by atoms with Crippen molar-refractivity contribution in [1.29, 1.82) is 0 Å². The summed E-state index contributed by atoms with van der Waals surface area (Å²) in [7, 11) is -3.02. The standard InChI is InChI=1S/C9H17NO4S/c1-2-14-6-9(11)5-10-8-3-4-15(12,13)7-8/h3-4,8-11H,2,5-7H2,1H3. The quantitative estimate of drug-likeness (QED) is 0.636. The highest BCUT2D eigenvalue weighted by atomic mass is 32.2. The van der Waals surface area contributed by atoms with E-state index in [0.717, 1.165) is 0 Å². The third-order valence-electron chi connectivity index (χ3n) is 2.06. The van der Waals surface area contributed by atoms with Crippen LogP contribution in [0.5, 0.6) is 0 Å². The molecule has 0 fully saturated rings. The molecule has 1 aliphatic rings. The molecule has 0 aliphatic carbocycles. The molecule has 88 valence electrons. The van der Waals surface area contributed by atoms with Gasteiger partial charge < -0.3 is 15.2 Å². The van der Waals surface area contributed by atoms with Gasteiger partial charge in [-0.05, 0) is 6.92 Å². The molecule has 2 N–H and O–H groups in total. The largest absolute Gasteiger partial charge is 0.389 e. The van der Waals surface area contributed by atoms with Gasteiger partial charge in [0.2, 0.25) is 0 Å².